The van der Waals surface area contributed by atoms with Crippen LogP contribution < -0.4 is 10.6 Å². The number of benzene rings is 1. The minimum absolute atomic E-state index is 0. The van der Waals surface area contributed by atoms with Gasteiger partial charge in [0, 0.05) is 32.1 Å². The number of amides is 1. The average Bonchev–Trinajstić information content (AvgIpc) is 2.86. The lowest BCUT2D eigenvalue weighted by Crippen LogP contribution is -2.51. The molecule has 1 amide bonds. The van der Waals surface area contributed by atoms with Crippen LogP contribution in [0.1, 0.15) is 18.4 Å². The quantitative estimate of drug-likeness (QED) is 0.855. The molecule has 0 bridgehead atoms. The highest BCUT2D eigenvalue weighted by Gasteiger charge is 2.31. The summed E-state index contributed by atoms with van der Waals surface area (Å²) in [6.07, 6.45) is 2.11. The monoisotopic (exact) mass is 345 g/mol. The number of carbonyl (C=O) groups excluding carboxylic acids is 1. The number of hydrogen-bond acceptors (Lipinski definition) is 3. The van der Waals surface area contributed by atoms with E-state index < -0.39 is 0 Å². The van der Waals surface area contributed by atoms with Crippen LogP contribution in [-0.4, -0.2) is 43.0 Å². The number of rotatable bonds is 5. The van der Waals surface area contributed by atoms with Crippen LogP contribution in [0, 0.1) is 5.92 Å². The van der Waals surface area contributed by atoms with Gasteiger partial charge in [0.15, 0.2) is 0 Å². The summed E-state index contributed by atoms with van der Waals surface area (Å²) in [5.41, 5.74) is 1.29. The van der Waals surface area contributed by atoms with Gasteiger partial charge in [-0.15, -0.1) is 24.8 Å². The molecule has 4 nitrogen and oxygen atoms in total. The molecular formula is C16H25Cl2N3O. The van der Waals surface area contributed by atoms with Gasteiger partial charge in [-0.25, -0.2) is 0 Å². The maximum absolute atomic E-state index is 12.3. The molecule has 0 aromatic heterocycles. The van der Waals surface area contributed by atoms with E-state index in [2.05, 4.69) is 39.8 Å². The second kappa shape index (κ2) is 9.36. The van der Waals surface area contributed by atoms with Gasteiger partial charge in [0.1, 0.15) is 0 Å². The van der Waals surface area contributed by atoms with Crippen LogP contribution in [0.5, 0.6) is 0 Å². The highest BCUT2D eigenvalue weighted by atomic mass is 35.5. The van der Waals surface area contributed by atoms with E-state index in [1.165, 1.54) is 5.56 Å². The molecule has 2 N–H and O–H groups in total. The van der Waals surface area contributed by atoms with Crippen molar-refractivity contribution in [3.63, 3.8) is 0 Å². The predicted octanol–water partition coefficient (Wildman–Crippen LogP) is 1.83. The van der Waals surface area contributed by atoms with E-state index in [4.69, 9.17) is 0 Å². The summed E-state index contributed by atoms with van der Waals surface area (Å²) in [4.78, 5) is 14.6. The first-order chi connectivity index (χ1) is 9.83. The molecule has 0 aliphatic carbocycles. The number of hydrogen-bond donors (Lipinski definition) is 2. The minimum Gasteiger partial charge on any atom is -0.354 e. The summed E-state index contributed by atoms with van der Waals surface area (Å²) in [6.45, 7) is 4.81. The van der Waals surface area contributed by atoms with Gasteiger partial charge < -0.3 is 10.6 Å². The SMILES string of the molecule is Cl.Cl.O=C(NCC1CNC1)C1CCCN1Cc1ccccc1. The highest BCUT2D eigenvalue weighted by molar-refractivity contribution is 5.85. The molecule has 22 heavy (non-hydrogen) atoms. The van der Waals surface area contributed by atoms with Gasteiger partial charge in [0.2, 0.25) is 5.91 Å². The van der Waals surface area contributed by atoms with Crippen molar-refractivity contribution in [3.8, 4) is 0 Å². The molecule has 124 valence electrons. The molecule has 2 heterocycles. The molecule has 1 aromatic rings. The Morgan fingerprint density at radius 1 is 1.23 bits per heavy atom. The third kappa shape index (κ3) is 4.85. The Hall–Kier alpha value is -0.810. The lowest BCUT2D eigenvalue weighted by molar-refractivity contribution is -0.125. The molecule has 0 saturated carbocycles. The van der Waals surface area contributed by atoms with Crippen molar-refractivity contribution < 1.29 is 4.79 Å². The van der Waals surface area contributed by atoms with Crippen molar-refractivity contribution in [1.29, 1.82) is 0 Å². The maximum Gasteiger partial charge on any atom is 0.237 e. The number of nitrogens with zero attached hydrogens (tertiary/aromatic N) is 1. The van der Waals surface area contributed by atoms with E-state index in [0.717, 1.165) is 45.6 Å². The minimum atomic E-state index is 0. The van der Waals surface area contributed by atoms with Crippen molar-refractivity contribution in [2.75, 3.05) is 26.2 Å². The molecule has 1 aromatic carbocycles. The smallest absolute Gasteiger partial charge is 0.237 e. The van der Waals surface area contributed by atoms with Gasteiger partial charge in [-0.1, -0.05) is 30.3 Å². The zero-order chi connectivity index (χ0) is 13.8. The van der Waals surface area contributed by atoms with Crippen LogP contribution in [0.25, 0.3) is 0 Å². The van der Waals surface area contributed by atoms with Gasteiger partial charge in [-0.05, 0) is 24.9 Å². The van der Waals surface area contributed by atoms with Crippen LogP contribution in [0.2, 0.25) is 0 Å². The van der Waals surface area contributed by atoms with Gasteiger partial charge in [0.25, 0.3) is 0 Å². The second-order valence-corrected chi connectivity index (χ2v) is 5.88. The molecule has 1 unspecified atom stereocenters. The summed E-state index contributed by atoms with van der Waals surface area (Å²) in [5.74, 6) is 0.841. The van der Waals surface area contributed by atoms with Gasteiger partial charge in [-0.3, -0.25) is 9.69 Å². The molecule has 2 aliphatic rings. The Labute approximate surface area is 144 Å². The van der Waals surface area contributed by atoms with E-state index >= 15 is 0 Å². The fraction of sp³-hybridized carbons (Fsp3) is 0.562. The molecule has 2 aliphatic heterocycles. The van der Waals surface area contributed by atoms with Crippen molar-refractivity contribution >= 4 is 30.7 Å². The van der Waals surface area contributed by atoms with Crippen LogP contribution in [-0.2, 0) is 11.3 Å². The Morgan fingerprint density at radius 3 is 2.59 bits per heavy atom. The number of likely N-dealkylation sites (tertiary alicyclic amines) is 1. The summed E-state index contributed by atoms with van der Waals surface area (Å²) < 4.78 is 0. The molecular weight excluding hydrogens is 321 g/mol. The third-order valence-electron chi connectivity index (χ3n) is 4.33. The van der Waals surface area contributed by atoms with E-state index in [0.29, 0.717) is 5.92 Å². The Bertz CT molecular complexity index is 454. The van der Waals surface area contributed by atoms with Crippen LogP contribution >= 0.6 is 24.8 Å². The van der Waals surface area contributed by atoms with Gasteiger partial charge >= 0.3 is 0 Å². The molecule has 2 fully saturated rings. The van der Waals surface area contributed by atoms with Crippen LogP contribution in [0.3, 0.4) is 0 Å². The van der Waals surface area contributed by atoms with E-state index in [-0.39, 0.29) is 36.8 Å². The van der Waals surface area contributed by atoms with Crippen LogP contribution in [0.4, 0.5) is 0 Å². The number of nitrogens with one attached hydrogen (secondary N) is 2. The molecule has 3 rings (SSSR count). The van der Waals surface area contributed by atoms with Crippen molar-refractivity contribution in [3.05, 3.63) is 35.9 Å². The first kappa shape index (κ1) is 19.2. The normalized spacial score (nSPS) is 21.4. The topological polar surface area (TPSA) is 44.4 Å². The van der Waals surface area contributed by atoms with E-state index in [9.17, 15) is 4.79 Å². The first-order valence-electron chi connectivity index (χ1n) is 7.59. The summed E-state index contributed by atoms with van der Waals surface area (Å²) >= 11 is 0. The predicted molar refractivity (Wildman–Crippen MR) is 93.7 cm³/mol. The third-order valence-corrected chi connectivity index (χ3v) is 4.33. The zero-order valence-electron chi connectivity index (χ0n) is 12.7. The lowest BCUT2D eigenvalue weighted by atomic mass is 10.0. The second-order valence-electron chi connectivity index (χ2n) is 5.88. The fourth-order valence-electron chi connectivity index (χ4n) is 2.99. The average molecular weight is 346 g/mol. The standard InChI is InChI=1S/C16H23N3O.2ClH/c20-16(18-11-14-9-17-10-14)15-7-4-8-19(15)12-13-5-2-1-3-6-13;;/h1-3,5-6,14-15,17H,4,7-12H2,(H,18,20);2*1H. The number of halogens is 2. The fourth-order valence-corrected chi connectivity index (χ4v) is 2.99. The van der Waals surface area contributed by atoms with Gasteiger partial charge in [-0.2, -0.15) is 0 Å². The van der Waals surface area contributed by atoms with Crippen LogP contribution in [0.15, 0.2) is 30.3 Å². The zero-order valence-corrected chi connectivity index (χ0v) is 14.3. The summed E-state index contributed by atoms with van der Waals surface area (Å²) in [5, 5.41) is 6.36. The van der Waals surface area contributed by atoms with E-state index in [1.807, 2.05) is 6.07 Å². The van der Waals surface area contributed by atoms with Gasteiger partial charge in [0.05, 0.1) is 6.04 Å². The molecule has 1 atom stereocenters. The van der Waals surface area contributed by atoms with Crippen molar-refractivity contribution in [2.45, 2.75) is 25.4 Å². The lowest BCUT2D eigenvalue weighted by Gasteiger charge is -2.29. The largest absolute Gasteiger partial charge is 0.354 e. The first-order valence-corrected chi connectivity index (χ1v) is 7.59. The summed E-state index contributed by atoms with van der Waals surface area (Å²) in [7, 11) is 0. The number of carbonyl (C=O) groups is 1. The van der Waals surface area contributed by atoms with Crippen molar-refractivity contribution in [2.24, 2.45) is 5.92 Å². The molecule has 2 saturated heterocycles. The molecule has 0 spiro atoms. The van der Waals surface area contributed by atoms with Crippen molar-refractivity contribution in [1.82, 2.24) is 15.5 Å². The highest BCUT2D eigenvalue weighted by Crippen LogP contribution is 2.20. The Kier molecular flexibility index (Phi) is 8.18. The Morgan fingerprint density at radius 2 is 1.95 bits per heavy atom. The Balaban J connectivity index is 0.00000121. The molecule has 6 heteroatoms. The maximum atomic E-state index is 12.3. The summed E-state index contributed by atoms with van der Waals surface area (Å²) in [6, 6.07) is 10.5. The molecule has 0 radical (unpaired) electrons. The van der Waals surface area contributed by atoms with E-state index in [1.54, 1.807) is 0 Å².